The Labute approximate surface area is 94.8 Å². The van der Waals surface area contributed by atoms with Crippen LogP contribution in [0.25, 0.3) is 0 Å². The molecule has 82 valence electrons. The van der Waals surface area contributed by atoms with Crippen LogP contribution in [-0.2, 0) is 4.79 Å². The van der Waals surface area contributed by atoms with Crippen molar-refractivity contribution in [2.45, 2.75) is 36.5 Å². The standard InChI is InChI=1S/C9H16N2OS.ClH/c10-7-1-2-13-9(5-7)3-6(4-9)8(11)12;/h6-7H,1-5,10H2,(H2,11,12);1H. The second-order valence-corrected chi connectivity index (χ2v) is 5.85. The summed E-state index contributed by atoms with van der Waals surface area (Å²) in [5.41, 5.74) is 11.2. The highest BCUT2D eigenvalue weighted by atomic mass is 35.5. The summed E-state index contributed by atoms with van der Waals surface area (Å²) in [5.74, 6) is 1.13. The number of carbonyl (C=O) groups excluding carboxylic acids is 1. The van der Waals surface area contributed by atoms with E-state index in [9.17, 15) is 4.79 Å². The highest BCUT2D eigenvalue weighted by Gasteiger charge is 2.48. The van der Waals surface area contributed by atoms with Gasteiger partial charge in [0.15, 0.2) is 0 Å². The lowest BCUT2D eigenvalue weighted by molar-refractivity contribution is -0.125. The second-order valence-electron chi connectivity index (χ2n) is 4.29. The Balaban J connectivity index is 0.000000980. The van der Waals surface area contributed by atoms with E-state index in [-0.39, 0.29) is 24.2 Å². The Hall–Kier alpha value is 0.0700. The maximum absolute atomic E-state index is 10.9. The first kappa shape index (κ1) is 12.1. The number of rotatable bonds is 1. The fourth-order valence-electron chi connectivity index (χ4n) is 2.39. The zero-order valence-electron chi connectivity index (χ0n) is 8.07. The number of halogens is 1. The lowest BCUT2D eigenvalue weighted by Gasteiger charge is -2.49. The van der Waals surface area contributed by atoms with Crippen LogP contribution in [0.4, 0.5) is 0 Å². The Kier molecular flexibility index (Phi) is 3.72. The van der Waals surface area contributed by atoms with Crippen LogP contribution in [0, 0.1) is 5.92 Å². The SMILES string of the molecule is Cl.NC(=O)C1CC2(CC(N)CCS2)C1. The molecule has 1 aliphatic carbocycles. The van der Waals surface area contributed by atoms with Gasteiger partial charge in [-0.05, 0) is 31.4 Å². The van der Waals surface area contributed by atoms with E-state index in [2.05, 4.69) is 0 Å². The van der Waals surface area contributed by atoms with Crippen molar-refractivity contribution in [1.82, 2.24) is 0 Å². The van der Waals surface area contributed by atoms with E-state index < -0.39 is 0 Å². The van der Waals surface area contributed by atoms with Gasteiger partial charge in [-0.2, -0.15) is 11.8 Å². The quantitative estimate of drug-likeness (QED) is 0.711. The topological polar surface area (TPSA) is 69.1 Å². The van der Waals surface area contributed by atoms with Gasteiger partial charge in [-0.25, -0.2) is 0 Å². The first-order chi connectivity index (χ1) is 6.11. The van der Waals surface area contributed by atoms with E-state index in [1.807, 2.05) is 11.8 Å². The largest absolute Gasteiger partial charge is 0.369 e. The van der Waals surface area contributed by atoms with Crippen molar-refractivity contribution in [3.8, 4) is 0 Å². The van der Waals surface area contributed by atoms with E-state index in [1.54, 1.807) is 0 Å². The number of amides is 1. The first-order valence-corrected chi connectivity index (χ1v) is 5.79. The summed E-state index contributed by atoms with van der Waals surface area (Å²) >= 11 is 1.99. The van der Waals surface area contributed by atoms with Gasteiger partial charge in [0, 0.05) is 16.7 Å². The molecule has 0 radical (unpaired) electrons. The summed E-state index contributed by atoms with van der Waals surface area (Å²) in [5, 5.41) is 0. The van der Waals surface area contributed by atoms with Gasteiger partial charge in [0.25, 0.3) is 0 Å². The molecule has 2 aliphatic rings. The Morgan fingerprint density at radius 3 is 2.50 bits per heavy atom. The predicted octanol–water partition coefficient (Wildman–Crippen LogP) is 0.897. The summed E-state index contributed by atoms with van der Waals surface area (Å²) in [6, 6.07) is 0.343. The molecule has 0 bridgehead atoms. The van der Waals surface area contributed by atoms with Crippen molar-refractivity contribution >= 4 is 30.1 Å². The zero-order chi connectivity index (χ0) is 9.47. The van der Waals surface area contributed by atoms with Crippen molar-refractivity contribution in [2.75, 3.05) is 5.75 Å². The number of hydrogen-bond acceptors (Lipinski definition) is 3. The Bertz CT molecular complexity index is 231. The Morgan fingerprint density at radius 2 is 2.00 bits per heavy atom. The van der Waals surface area contributed by atoms with E-state index in [0.29, 0.717) is 10.8 Å². The van der Waals surface area contributed by atoms with Gasteiger partial charge < -0.3 is 11.5 Å². The van der Waals surface area contributed by atoms with Gasteiger partial charge in [0.1, 0.15) is 0 Å². The number of carbonyl (C=O) groups is 1. The third kappa shape index (κ3) is 2.18. The van der Waals surface area contributed by atoms with Crippen LogP contribution in [0.2, 0.25) is 0 Å². The fourth-order valence-corrected chi connectivity index (χ4v) is 4.21. The molecular weight excluding hydrogens is 220 g/mol. The van der Waals surface area contributed by atoms with Crippen molar-refractivity contribution in [2.24, 2.45) is 17.4 Å². The maximum Gasteiger partial charge on any atom is 0.220 e. The number of hydrogen-bond donors (Lipinski definition) is 2. The van der Waals surface area contributed by atoms with Crippen molar-refractivity contribution < 1.29 is 4.79 Å². The molecule has 2 rings (SSSR count). The van der Waals surface area contributed by atoms with Crippen LogP contribution in [-0.4, -0.2) is 22.4 Å². The normalized spacial score (nSPS) is 41.2. The van der Waals surface area contributed by atoms with Gasteiger partial charge in [0.05, 0.1) is 0 Å². The van der Waals surface area contributed by atoms with Gasteiger partial charge >= 0.3 is 0 Å². The molecule has 1 saturated carbocycles. The summed E-state index contributed by atoms with van der Waals surface area (Å²) in [6.07, 6.45) is 4.11. The van der Waals surface area contributed by atoms with Crippen LogP contribution in [0.1, 0.15) is 25.7 Å². The molecule has 1 heterocycles. The van der Waals surface area contributed by atoms with E-state index in [4.69, 9.17) is 11.5 Å². The number of primary amides is 1. The molecule has 0 aromatic heterocycles. The first-order valence-electron chi connectivity index (χ1n) is 4.80. The minimum atomic E-state index is -0.134. The molecule has 1 unspecified atom stereocenters. The molecule has 1 spiro atoms. The summed E-state index contributed by atoms with van der Waals surface area (Å²) in [6.45, 7) is 0. The molecule has 3 nitrogen and oxygen atoms in total. The van der Waals surface area contributed by atoms with Crippen molar-refractivity contribution in [3.05, 3.63) is 0 Å². The minimum absolute atomic E-state index is 0. The molecule has 1 atom stereocenters. The lowest BCUT2D eigenvalue weighted by atomic mass is 9.70. The van der Waals surface area contributed by atoms with Crippen LogP contribution in [0.15, 0.2) is 0 Å². The van der Waals surface area contributed by atoms with Crippen LogP contribution in [0.3, 0.4) is 0 Å². The van der Waals surface area contributed by atoms with E-state index >= 15 is 0 Å². The van der Waals surface area contributed by atoms with Gasteiger partial charge in [0.2, 0.25) is 5.91 Å². The average Bonchev–Trinajstić information content (AvgIpc) is 1.99. The molecule has 1 saturated heterocycles. The highest BCUT2D eigenvalue weighted by Crippen LogP contribution is 2.53. The third-order valence-electron chi connectivity index (χ3n) is 3.17. The fraction of sp³-hybridized carbons (Fsp3) is 0.889. The van der Waals surface area contributed by atoms with Crippen molar-refractivity contribution in [1.29, 1.82) is 0 Å². The van der Waals surface area contributed by atoms with E-state index in [1.165, 1.54) is 0 Å². The van der Waals surface area contributed by atoms with Gasteiger partial charge in [-0.15, -0.1) is 12.4 Å². The molecule has 14 heavy (non-hydrogen) atoms. The lowest BCUT2D eigenvalue weighted by Crippen LogP contribution is -2.51. The molecule has 1 amide bonds. The van der Waals surface area contributed by atoms with Crippen LogP contribution < -0.4 is 11.5 Å². The van der Waals surface area contributed by atoms with Crippen LogP contribution >= 0.6 is 24.2 Å². The summed E-state index contributed by atoms with van der Waals surface area (Å²) in [7, 11) is 0. The minimum Gasteiger partial charge on any atom is -0.369 e. The highest BCUT2D eigenvalue weighted by molar-refractivity contribution is 8.00. The molecule has 5 heteroatoms. The summed E-state index contributed by atoms with van der Waals surface area (Å²) < 4.78 is 0.317. The monoisotopic (exact) mass is 236 g/mol. The van der Waals surface area contributed by atoms with E-state index in [0.717, 1.165) is 31.4 Å². The number of nitrogens with two attached hydrogens (primary N) is 2. The van der Waals surface area contributed by atoms with Gasteiger partial charge in [-0.3, -0.25) is 4.79 Å². The maximum atomic E-state index is 10.9. The molecule has 4 N–H and O–H groups in total. The number of thioether (sulfide) groups is 1. The smallest absolute Gasteiger partial charge is 0.220 e. The molecule has 2 fully saturated rings. The molecular formula is C9H17ClN2OS. The molecule has 1 aliphatic heterocycles. The average molecular weight is 237 g/mol. The van der Waals surface area contributed by atoms with Crippen molar-refractivity contribution in [3.63, 3.8) is 0 Å². The zero-order valence-corrected chi connectivity index (χ0v) is 9.70. The molecule has 0 aromatic rings. The van der Waals surface area contributed by atoms with Gasteiger partial charge in [-0.1, -0.05) is 0 Å². The summed E-state index contributed by atoms with van der Waals surface area (Å²) in [4.78, 5) is 10.9. The predicted molar refractivity (Wildman–Crippen MR) is 61.6 cm³/mol. The van der Waals surface area contributed by atoms with Crippen LogP contribution in [0.5, 0.6) is 0 Å². The third-order valence-corrected chi connectivity index (χ3v) is 4.72. The Morgan fingerprint density at radius 1 is 1.36 bits per heavy atom. The second kappa shape index (κ2) is 4.29. The molecule has 0 aromatic carbocycles.